The lowest BCUT2D eigenvalue weighted by molar-refractivity contribution is -0.141. The Morgan fingerprint density at radius 1 is 1.02 bits per heavy atom. The van der Waals surface area contributed by atoms with Gasteiger partial charge in [-0.05, 0) is 75.2 Å². The highest BCUT2D eigenvalue weighted by atomic mass is 19.4. The Morgan fingerprint density at radius 2 is 1.79 bits per heavy atom. The first kappa shape index (κ1) is 39.8. The minimum atomic E-state index is -4.45. The van der Waals surface area contributed by atoms with Crippen LogP contribution in [0.25, 0.3) is 32.9 Å². The van der Waals surface area contributed by atoms with E-state index in [1.54, 1.807) is 0 Å². The van der Waals surface area contributed by atoms with E-state index < -0.39 is 23.5 Å². The third kappa shape index (κ3) is 7.58. The number of nitrogens with one attached hydrogen (secondary N) is 1. The molecule has 4 aliphatic rings. The van der Waals surface area contributed by atoms with Gasteiger partial charge in [0.1, 0.15) is 35.2 Å². The predicted molar refractivity (Wildman–Crippen MR) is 205 cm³/mol. The minimum Gasteiger partial charge on any atom is -0.508 e. The molecule has 3 fully saturated rings. The second-order valence-corrected chi connectivity index (χ2v) is 14.2. The largest absolute Gasteiger partial charge is 0.508 e. The number of benzene rings is 2. The summed E-state index contributed by atoms with van der Waals surface area (Å²) in [5.74, 6) is 1.74. The summed E-state index contributed by atoms with van der Waals surface area (Å²) in [5.41, 5.74) is -0.0926. The van der Waals surface area contributed by atoms with Crippen LogP contribution >= 0.6 is 0 Å². The number of methoxy groups -OCH3 is 1. The Labute approximate surface area is 326 Å². The number of nitrogens with zero attached hydrogens (tertiary/aromatic N) is 7. The summed E-state index contributed by atoms with van der Waals surface area (Å²) in [6.07, 6.45) is 8.60. The molecule has 1 unspecified atom stereocenters. The number of piperazine rings is 1. The molecule has 0 bridgehead atoms. The first-order valence-corrected chi connectivity index (χ1v) is 19.1. The molecule has 5 aromatic rings. The maximum atomic E-state index is 16.9. The lowest BCUT2D eigenvalue weighted by Crippen LogP contribution is -2.51. The van der Waals surface area contributed by atoms with Gasteiger partial charge in [-0.1, -0.05) is 25.8 Å². The number of aryl methyl sites for hydroxylation is 1. The molecule has 0 amide bonds. The average molecular weight is 791 g/mol. The van der Waals surface area contributed by atoms with Crippen LogP contribution in [0.2, 0.25) is 0 Å². The Bertz CT molecular complexity index is 2310. The van der Waals surface area contributed by atoms with Crippen molar-refractivity contribution in [1.82, 2.24) is 35.1 Å². The van der Waals surface area contributed by atoms with Gasteiger partial charge in [0.25, 0.3) is 0 Å². The highest BCUT2D eigenvalue weighted by Crippen LogP contribution is 2.43. The number of phenols is 1. The Kier molecular flexibility index (Phi) is 11.3. The van der Waals surface area contributed by atoms with Crippen LogP contribution in [0.5, 0.6) is 17.6 Å². The Hall–Kier alpha value is -5.40. The van der Waals surface area contributed by atoms with E-state index in [0.717, 1.165) is 71.0 Å². The minimum absolute atomic E-state index is 0.00722. The summed E-state index contributed by atoms with van der Waals surface area (Å²) >= 11 is 0. The summed E-state index contributed by atoms with van der Waals surface area (Å²) in [7, 11) is 1.30. The van der Waals surface area contributed by atoms with Gasteiger partial charge in [0.05, 0.1) is 41.7 Å². The maximum Gasteiger partial charge on any atom is 0.434 e. The zero-order valence-corrected chi connectivity index (χ0v) is 31.9. The summed E-state index contributed by atoms with van der Waals surface area (Å²) < 4.78 is 78.3. The number of alkyl halides is 3. The third-order valence-electron chi connectivity index (χ3n) is 11.0. The van der Waals surface area contributed by atoms with Crippen LogP contribution in [0.1, 0.15) is 62.9 Å². The Balaban J connectivity index is 0.000000304. The number of anilines is 1. The standard InChI is InChI=1S/C33H32F2N6O2.C6H5F3N2O.C2H6/c1-2-22-24(34)7-5-19-15-21(42)16-23(26(19)22)29-28(35)30-27-25(37-29)8-6-20-17-36-11-14-41(20)31(27)39-32(38-30)43-18-33-9-3-12-40(33)13-4-10-33;1-12-5-3-10-4(2-11-5)6(7,8)9;1-2/h1,5,7,15-16,20,36,42H,3-4,6,8-14,17-18H2;2-3H,1H3;1-2H3. The first-order valence-electron chi connectivity index (χ1n) is 19.1. The highest BCUT2D eigenvalue weighted by molar-refractivity contribution is 6.03. The van der Waals surface area contributed by atoms with Crippen LogP contribution in [-0.2, 0) is 12.6 Å². The van der Waals surface area contributed by atoms with Crippen molar-refractivity contribution in [1.29, 1.82) is 0 Å². The zero-order valence-electron chi connectivity index (χ0n) is 31.9. The third-order valence-corrected chi connectivity index (χ3v) is 11.0. The summed E-state index contributed by atoms with van der Waals surface area (Å²) in [6.45, 7) is 8.89. The van der Waals surface area contributed by atoms with Gasteiger partial charge in [-0.15, -0.1) is 6.42 Å². The van der Waals surface area contributed by atoms with Crippen LogP contribution in [0.3, 0.4) is 0 Å². The second kappa shape index (κ2) is 16.2. The summed E-state index contributed by atoms with van der Waals surface area (Å²) in [4.78, 5) is 25.7. The molecule has 3 aromatic heterocycles. The van der Waals surface area contributed by atoms with E-state index in [9.17, 15) is 22.7 Å². The molecule has 1 atom stereocenters. The number of halogens is 5. The van der Waals surface area contributed by atoms with Gasteiger partial charge >= 0.3 is 12.2 Å². The van der Waals surface area contributed by atoms with E-state index in [1.807, 2.05) is 13.8 Å². The summed E-state index contributed by atoms with van der Waals surface area (Å²) in [5, 5.41) is 15.5. The van der Waals surface area contributed by atoms with E-state index in [4.69, 9.17) is 26.1 Å². The van der Waals surface area contributed by atoms with Crippen molar-refractivity contribution < 1.29 is 36.5 Å². The number of aromatic nitrogens is 5. The van der Waals surface area contributed by atoms with Crippen molar-refractivity contribution in [2.24, 2.45) is 0 Å². The molecule has 300 valence electrons. The molecular weight excluding hydrogens is 747 g/mol. The number of rotatable bonds is 5. The van der Waals surface area contributed by atoms with Gasteiger partial charge in [0.2, 0.25) is 5.88 Å². The number of hydrogen-bond acceptors (Lipinski definition) is 11. The molecule has 2 N–H and O–H groups in total. The molecule has 57 heavy (non-hydrogen) atoms. The van der Waals surface area contributed by atoms with Crippen LogP contribution in [0, 0.1) is 24.0 Å². The van der Waals surface area contributed by atoms with E-state index >= 15 is 4.39 Å². The lowest BCUT2D eigenvalue weighted by Gasteiger charge is -2.36. The van der Waals surface area contributed by atoms with E-state index in [1.165, 1.54) is 31.4 Å². The van der Waals surface area contributed by atoms with Gasteiger partial charge in [-0.25, -0.2) is 23.7 Å². The van der Waals surface area contributed by atoms with Crippen molar-refractivity contribution in [3.05, 3.63) is 65.2 Å². The number of hydrogen-bond donors (Lipinski definition) is 2. The van der Waals surface area contributed by atoms with E-state index in [-0.39, 0.29) is 51.6 Å². The second-order valence-electron chi connectivity index (χ2n) is 14.2. The molecule has 7 heterocycles. The number of fused-ring (bicyclic) bond motifs is 4. The SMILES string of the molecule is C#Cc1c(F)ccc2cc(O)cc(-c3nc4c5c(nc(OCC67CCCN6CCC7)nc5c3F)N3CCNCC3CC4)c12.CC.COc1cnc(C(F)(F)F)cn1. The Morgan fingerprint density at radius 3 is 2.47 bits per heavy atom. The van der Waals surface area contributed by atoms with Crippen molar-refractivity contribution in [3.8, 4) is 41.2 Å². The molecule has 2 aromatic carbocycles. The number of pyridine rings is 1. The van der Waals surface area contributed by atoms with Crippen molar-refractivity contribution in [3.63, 3.8) is 0 Å². The quantitative estimate of drug-likeness (QED) is 0.141. The predicted octanol–water partition coefficient (Wildman–Crippen LogP) is 7.07. The van der Waals surface area contributed by atoms with Crippen molar-refractivity contribution in [2.45, 2.75) is 70.1 Å². The topological polar surface area (TPSA) is 122 Å². The van der Waals surface area contributed by atoms with E-state index in [2.05, 4.69) is 35.7 Å². The van der Waals surface area contributed by atoms with Gasteiger partial charge < -0.3 is 24.8 Å². The van der Waals surface area contributed by atoms with Crippen LogP contribution in [0.4, 0.5) is 27.8 Å². The van der Waals surface area contributed by atoms with Crippen LogP contribution in [-0.4, -0.2) is 92.9 Å². The number of terminal acetylenes is 1. The zero-order chi connectivity index (χ0) is 40.5. The molecule has 16 heteroatoms. The maximum absolute atomic E-state index is 16.9. The normalized spacial score (nSPS) is 18.4. The molecule has 0 radical (unpaired) electrons. The van der Waals surface area contributed by atoms with Gasteiger partial charge in [-0.2, -0.15) is 23.1 Å². The van der Waals surface area contributed by atoms with Crippen LogP contribution in [0.15, 0.2) is 36.7 Å². The molecule has 0 saturated carbocycles. The molecule has 0 aliphatic carbocycles. The molecule has 0 spiro atoms. The fraction of sp³-hybridized carbons (Fsp3) is 0.439. The fourth-order valence-electron chi connectivity index (χ4n) is 8.42. The summed E-state index contributed by atoms with van der Waals surface area (Å²) in [6, 6.07) is 5.95. The molecule has 9 rings (SSSR count). The lowest BCUT2D eigenvalue weighted by atomic mass is 9.95. The smallest absolute Gasteiger partial charge is 0.434 e. The molecule has 4 aliphatic heterocycles. The molecule has 3 saturated heterocycles. The van der Waals surface area contributed by atoms with E-state index in [0.29, 0.717) is 46.9 Å². The molecular formula is C41H43F5N8O3. The van der Waals surface area contributed by atoms with Crippen molar-refractivity contribution in [2.75, 3.05) is 51.3 Å². The first-order chi connectivity index (χ1) is 27.5. The average Bonchev–Trinajstić information content (AvgIpc) is 3.77. The van der Waals surface area contributed by atoms with Gasteiger partial charge in [0.15, 0.2) is 11.5 Å². The monoisotopic (exact) mass is 790 g/mol. The fourth-order valence-corrected chi connectivity index (χ4v) is 8.42. The van der Waals surface area contributed by atoms with Crippen molar-refractivity contribution >= 4 is 27.5 Å². The highest BCUT2D eigenvalue weighted by Gasteiger charge is 2.45. The van der Waals surface area contributed by atoms with Crippen LogP contribution < -0.4 is 19.7 Å². The molecule has 11 nitrogen and oxygen atoms in total. The number of ether oxygens (including phenoxy) is 2. The number of aromatic hydroxyl groups is 1. The van der Waals surface area contributed by atoms with Gasteiger partial charge in [0, 0.05) is 36.6 Å². The van der Waals surface area contributed by atoms with Gasteiger partial charge in [-0.3, -0.25) is 4.90 Å². The number of phenolic OH excluding ortho intramolecular Hbond substituents is 1.